The first-order valence-corrected chi connectivity index (χ1v) is 14.8. The number of hydrogen-bond donors (Lipinski definition) is 5. The van der Waals surface area contributed by atoms with Crippen molar-refractivity contribution < 1.29 is 22.8 Å². The first kappa shape index (κ1) is 31.6. The van der Waals surface area contributed by atoms with Crippen LogP contribution in [0.25, 0.3) is 11.6 Å². The molecule has 8 nitrogen and oxygen atoms in total. The fourth-order valence-electron chi connectivity index (χ4n) is 5.11. The molecule has 0 saturated carbocycles. The van der Waals surface area contributed by atoms with E-state index >= 15 is 0 Å². The van der Waals surface area contributed by atoms with E-state index in [2.05, 4.69) is 45.0 Å². The largest absolute Gasteiger partial charge is 0.416 e. The number of carbonyl (C=O) groups is 2. The van der Waals surface area contributed by atoms with Gasteiger partial charge in [-0.15, -0.1) is 0 Å². The molecule has 0 saturated heterocycles. The highest BCUT2D eigenvalue weighted by Crippen LogP contribution is 2.36. The molecule has 0 bridgehead atoms. The molecule has 0 atom stereocenters. The lowest BCUT2D eigenvalue weighted by Crippen LogP contribution is -2.31. The van der Waals surface area contributed by atoms with Crippen LogP contribution >= 0.6 is 0 Å². The van der Waals surface area contributed by atoms with E-state index in [1.807, 2.05) is 36.5 Å². The van der Waals surface area contributed by atoms with Crippen LogP contribution in [-0.2, 0) is 17.5 Å². The fraction of sp³-hybridized carbons (Fsp3) is 0.235. The van der Waals surface area contributed by atoms with Crippen LogP contribution in [0.2, 0.25) is 0 Å². The number of rotatable bonds is 12. The Labute approximate surface area is 259 Å². The van der Waals surface area contributed by atoms with Gasteiger partial charge < -0.3 is 31.2 Å². The molecular weight excluding hydrogens is 581 g/mol. The van der Waals surface area contributed by atoms with Crippen molar-refractivity contribution in [1.29, 1.82) is 0 Å². The molecule has 0 unspecified atom stereocenters. The molecule has 1 aliphatic rings. The van der Waals surface area contributed by atoms with Gasteiger partial charge in [-0.3, -0.25) is 9.59 Å². The predicted octanol–water partition coefficient (Wildman–Crippen LogP) is 6.95. The Morgan fingerprint density at radius 3 is 2.47 bits per heavy atom. The van der Waals surface area contributed by atoms with Gasteiger partial charge in [0, 0.05) is 59.7 Å². The molecule has 0 aliphatic carbocycles. The smallest absolute Gasteiger partial charge is 0.361 e. The Morgan fingerprint density at radius 1 is 0.933 bits per heavy atom. The van der Waals surface area contributed by atoms with Crippen LogP contribution in [0, 0.1) is 0 Å². The van der Waals surface area contributed by atoms with Crippen LogP contribution in [0.3, 0.4) is 0 Å². The third-order valence-electron chi connectivity index (χ3n) is 7.56. The zero-order valence-corrected chi connectivity index (χ0v) is 25.0. The minimum absolute atomic E-state index is 0.0977. The summed E-state index contributed by atoms with van der Waals surface area (Å²) in [5, 5.41) is 12.3. The number of halogens is 3. The molecule has 234 valence electrons. The molecule has 1 aromatic heterocycles. The van der Waals surface area contributed by atoms with Gasteiger partial charge in [-0.05, 0) is 79.3 Å². The van der Waals surface area contributed by atoms with Gasteiger partial charge in [0.2, 0.25) is 0 Å². The number of nitrogens with zero attached hydrogens (tertiary/aromatic N) is 1. The highest BCUT2D eigenvalue weighted by Gasteiger charge is 2.31. The van der Waals surface area contributed by atoms with E-state index in [4.69, 9.17) is 0 Å². The molecule has 4 aromatic rings. The van der Waals surface area contributed by atoms with Gasteiger partial charge in [0.15, 0.2) is 0 Å². The number of aromatic nitrogens is 1. The molecule has 45 heavy (non-hydrogen) atoms. The SMILES string of the molecule is CCN(CC)CCNCc1c[nH]c(C=C2C(=O)Nc3cc(Nc4cccc(NC(=O)c5cccc(C(F)(F)F)c5)c4)ccc32)c1. The molecule has 1 aliphatic heterocycles. The van der Waals surface area contributed by atoms with Gasteiger partial charge in [-0.2, -0.15) is 13.2 Å². The second-order valence-electron chi connectivity index (χ2n) is 10.7. The van der Waals surface area contributed by atoms with Gasteiger partial charge in [-0.1, -0.05) is 32.0 Å². The monoisotopic (exact) mass is 616 g/mol. The van der Waals surface area contributed by atoms with E-state index < -0.39 is 17.6 Å². The summed E-state index contributed by atoms with van der Waals surface area (Å²) >= 11 is 0. The Balaban J connectivity index is 1.22. The van der Waals surface area contributed by atoms with Crippen molar-refractivity contribution >= 4 is 46.2 Å². The maximum Gasteiger partial charge on any atom is 0.416 e. The number of hydrogen-bond acceptors (Lipinski definition) is 5. The Bertz CT molecular complexity index is 1710. The van der Waals surface area contributed by atoms with E-state index in [0.29, 0.717) is 28.3 Å². The quantitative estimate of drug-likeness (QED) is 0.0876. The van der Waals surface area contributed by atoms with Gasteiger partial charge in [-0.25, -0.2) is 0 Å². The lowest BCUT2D eigenvalue weighted by molar-refractivity contribution is -0.137. The summed E-state index contributed by atoms with van der Waals surface area (Å²) in [4.78, 5) is 31.1. The maximum absolute atomic E-state index is 13.1. The van der Waals surface area contributed by atoms with Crippen LogP contribution in [0.15, 0.2) is 79.0 Å². The molecule has 2 heterocycles. The van der Waals surface area contributed by atoms with Crippen LogP contribution in [0.5, 0.6) is 0 Å². The second-order valence-corrected chi connectivity index (χ2v) is 10.7. The molecule has 0 fully saturated rings. The van der Waals surface area contributed by atoms with Crippen molar-refractivity contribution in [2.75, 3.05) is 42.1 Å². The number of benzene rings is 3. The lowest BCUT2D eigenvalue weighted by atomic mass is 10.1. The predicted molar refractivity (Wildman–Crippen MR) is 172 cm³/mol. The molecular formula is C34H35F3N6O2. The summed E-state index contributed by atoms with van der Waals surface area (Å²) < 4.78 is 39.2. The molecule has 5 N–H and O–H groups in total. The first-order chi connectivity index (χ1) is 21.6. The van der Waals surface area contributed by atoms with E-state index in [9.17, 15) is 22.8 Å². The molecule has 0 radical (unpaired) electrons. The molecule has 5 rings (SSSR count). The van der Waals surface area contributed by atoms with Gasteiger partial charge in [0.1, 0.15) is 0 Å². The van der Waals surface area contributed by atoms with E-state index in [1.165, 1.54) is 12.1 Å². The minimum Gasteiger partial charge on any atom is -0.361 e. The number of likely N-dealkylation sites (N-methyl/N-ethyl adjacent to an activating group) is 1. The minimum atomic E-state index is -4.54. The zero-order chi connectivity index (χ0) is 32.0. The summed E-state index contributed by atoms with van der Waals surface area (Å²) in [7, 11) is 0. The number of amides is 2. The third-order valence-corrected chi connectivity index (χ3v) is 7.56. The molecule has 0 spiro atoms. The van der Waals surface area contributed by atoms with Crippen LogP contribution in [0.1, 0.15) is 46.6 Å². The van der Waals surface area contributed by atoms with Crippen LogP contribution in [-0.4, -0.2) is 47.9 Å². The summed E-state index contributed by atoms with van der Waals surface area (Å²) in [6.07, 6.45) is -0.766. The first-order valence-electron chi connectivity index (χ1n) is 14.8. The maximum atomic E-state index is 13.1. The number of alkyl halides is 3. The summed E-state index contributed by atoms with van der Waals surface area (Å²) in [5.74, 6) is -0.853. The number of fused-ring (bicyclic) bond motifs is 1. The van der Waals surface area contributed by atoms with Crippen molar-refractivity contribution in [3.8, 4) is 0 Å². The fourth-order valence-corrected chi connectivity index (χ4v) is 5.11. The number of aromatic amines is 1. The van der Waals surface area contributed by atoms with Crippen molar-refractivity contribution in [2.45, 2.75) is 26.6 Å². The number of H-pyrrole nitrogens is 1. The van der Waals surface area contributed by atoms with E-state index in [1.54, 1.807) is 24.3 Å². The topological polar surface area (TPSA) is 101 Å². The average molecular weight is 617 g/mol. The lowest BCUT2D eigenvalue weighted by Gasteiger charge is -2.17. The Hall–Kier alpha value is -4.87. The Morgan fingerprint density at radius 2 is 1.69 bits per heavy atom. The number of carbonyl (C=O) groups excluding carboxylic acids is 2. The molecule has 3 aromatic carbocycles. The highest BCUT2D eigenvalue weighted by molar-refractivity contribution is 6.35. The average Bonchev–Trinajstić information content (AvgIpc) is 3.60. The van der Waals surface area contributed by atoms with Crippen molar-refractivity contribution in [3.63, 3.8) is 0 Å². The summed E-state index contributed by atoms with van der Waals surface area (Å²) in [5.41, 5.74) is 4.70. The van der Waals surface area contributed by atoms with Crippen molar-refractivity contribution in [2.24, 2.45) is 0 Å². The molecule has 2 amide bonds. The van der Waals surface area contributed by atoms with Crippen LogP contribution < -0.4 is 21.3 Å². The second kappa shape index (κ2) is 13.8. The van der Waals surface area contributed by atoms with Gasteiger partial charge >= 0.3 is 6.18 Å². The Kier molecular flexibility index (Phi) is 9.70. The standard InChI is InChI=1S/C34H35F3N6O2/c1-3-43(4-2)14-13-38-20-22-15-28(39-21-22)18-30-29-12-11-27(19-31(29)42-33(30)45)40-25-9-6-10-26(17-25)41-32(44)23-7-5-8-24(16-23)34(35,36)37/h5-12,15-19,21,38-40H,3-4,13-14,20H2,1-2H3,(H,41,44)(H,42,45). The summed E-state index contributed by atoms with van der Waals surface area (Å²) in [6, 6.07) is 18.6. The number of anilines is 4. The normalized spacial score (nSPS) is 13.6. The van der Waals surface area contributed by atoms with Crippen LogP contribution in [0.4, 0.5) is 35.9 Å². The molecule has 11 heteroatoms. The highest BCUT2D eigenvalue weighted by atomic mass is 19.4. The summed E-state index contributed by atoms with van der Waals surface area (Å²) in [6.45, 7) is 9.00. The van der Waals surface area contributed by atoms with E-state index in [-0.39, 0.29) is 11.5 Å². The zero-order valence-electron chi connectivity index (χ0n) is 25.0. The van der Waals surface area contributed by atoms with Crippen molar-refractivity contribution in [3.05, 3.63) is 107 Å². The van der Waals surface area contributed by atoms with Crippen molar-refractivity contribution in [1.82, 2.24) is 15.2 Å². The van der Waals surface area contributed by atoms with Gasteiger partial charge in [0.05, 0.1) is 16.8 Å². The number of nitrogens with one attached hydrogen (secondary N) is 5. The van der Waals surface area contributed by atoms with Gasteiger partial charge in [0.25, 0.3) is 11.8 Å². The van der Waals surface area contributed by atoms with E-state index in [0.717, 1.165) is 61.7 Å². The third kappa shape index (κ3) is 8.00.